The number of nitrogens with one attached hydrogen (secondary N) is 1. The summed E-state index contributed by atoms with van der Waals surface area (Å²) < 4.78 is 0. The smallest absolute Gasteiger partial charge is 0.0578 e. The predicted molar refractivity (Wildman–Crippen MR) is 89.5 cm³/mol. The lowest BCUT2D eigenvalue weighted by Crippen LogP contribution is -2.52. The number of likely N-dealkylation sites (tertiary alicyclic amines) is 1. The summed E-state index contributed by atoms with van der Waals surface area (Å²) in [5.41, 5.74) is 0. The van der Waals surface area contributed by atoms with E-state index in [1.807, 2.05) is 0 Å². The molecule has 2 rings (SSSR count). The summed E-state index contributed by atoms with van der Waals surface area (Å²) >= 11 is 0. The highest BCUT2D eigenvalue weighted by atomic mass is 16.3. The van der Waals surface area contributed by atoms with E-state index in [-0.39, 0.29) is 6.10 Å². The fourth-order valence-corrected chi connectivity index (χ4v) is 4.22. The van der Waals surface area contributed by atoms with Crippen molar-refractivity contribution in [2.24, 2.45) is 11.8 Å². The van der Waals surface area contributed by atoms with Gasteiger partial charge in [0.1, 0.15) is 0 Å². The normalized spacial score (nSPS) is 30.4. The van der Waals surface area contributed by atoms with Gasteiger partial charge in [0.05, 0.1) is 6.10 Å². The van der Waals surface area contributed by atoms with Gasteiger partial charge in [0.2, 0.25) is 0 Å². The van der Waals surface area contributed by atoms with Gasteiger partial charge in [-0.25, -0.2) is 0 Å². The Morgan fingerprint density at radius 2 is 1.90 bits per heavy atom. The van der Waals surface area contributed by atoms with Crippen molar-refractivity contribution in [3.63, 3.8) is 0 Å². The van der Waals surface area contributed by atoms with Gasteiger partial charge in [-0.3, -0.25) is 0 Å². The Labute approximate surface area is 131 Å². The van der Waals surface area contributed by atoms with E-state index < -0.39 is 0 Å². The highest BCUT2D eigenvalue weighted by Crippen LogP contribution is 2.25. The molecule has 2 aliphatic rings. The molecule has 1 saturated heterocycles. The number of hydrogen-bond acceptors (Lipinski definition) is 3. The number of aliphatic hydroxyl groups excluding tert-OH is 1. The second-order valence-corrected chi connectivity index (χ2v) is 7.34. The summed E-state index contributed by atoms with van der Waals surface area (Å²) in [4.78, 5) is 2.56. The van der Waals surface area contributed by atoms with Gasteiger partial charge in [-0.05, 0) is 57.0 Å². The lowest BCUT2D eigenvalue weighted by molar-refractivity contribution is 0.0347. The molecule has 1 saturated carbocycles. The summed E-state index contributed by atoms with van der Waals surface area (Å²) in [5.74, 6) is 1.36. The van der Waals surface area contributed by atoms with Crippen molar-refractivity contribution in [1.82, 2.24) is 10.2 Å². The third kappa shape index (κ3) is 5.54. The van der Waals surface area contributed by atoms with Gasteiger partial charge in [-0.2, -0.15) is 0 Å². The minimum atomic E-state index is -0.122. The quantitative estimate of drug-likeness (QED) is 0.758. The number of rotatable bonds is 7. The molecule has 1 heterocycles. The van der Waals surface area contributed by atoms with E-state index in [1.54, 1.807) is 0 Å². The molecule has 0 aromatic carbocycles. The van der Waals surface area contributed by atoms with Crippen LogP contribution in [0.2, 0.25) is 0 Å². The van der Waals surface area contributed by atoms with Gasteiger partial charge < -0.3 is 15.3 Å². The van der Waals surface area contributed by atoms with Crippen LogP contribution in [-0.2, 0) is 0 Å². The maximum absolute atomic E-state index is 10.2. The van der Waals surface area contributed by atoms with Crippen LogP contribution in [0.1, 0.15) is 65.2 Å². The zero-order valence-corrected chi connectivity index (χ0v) is 14.2. The Hall–Kier alpha value is -0.120. The minimum absolute atomic E-state index is 0.122. The van der Waals surface area contributed by atoms with Crippen molar-refractivity contribution in [1.29, 1.82) is 0 Å². The van der Waals surface area contributed by atoms with E-state index >= 15 is 0 Å². The molecule has 3 atom stereocenters. The van der Waals surface area contributed by atoms with Crippen LogP contribution in [-0.4, -0.2) is 48.3 Å². The van der Waals surface area contributed by atoms with Crippen LogP contribution in [0, 0.1) is 11.8 Å². The van der Waals surface area contributed by atoms with E-state index in [4.69, 9.17) is 0 Å². The lowest BCUT2D eigenvalue weighted by atomic mass is 9.86. The van der Waals surface area contributed by atoms with E-state index in [9.17, 15) is 5.11 Å². The standard InChI is InChI=1S/C18H36N2O/c1-3-10-20-13-16(18(21)4-2)11-17(14-20)19-12-15-8-6-5-7-9-15/h15-19,21H,3-14H2,1-2H3. The van der Waals surface area contributed by atoms with Gasteiger partial charge in [0.25, 0.3) is 0 Å². The number of piperidine rings is 1. The number of nitrogens with zero attached hydrogens (tertiary/aromatic N) is 1. The zero-order chi connectivity index (χ0) is 15.1. The molecule has 21 heavy (non-hydrogen) atoms. The zero-order valence-electron chi connectivity index (χ0n) is 14.2. The molecule has 1 aliphatic carbocycles. The first-order valence-electron chi connectivity index (χ1n) is 9.36. The summed E-state index contributed by atoms with van der Waals surface area (Å²) in [7, 11) is 0. The molecule has 1 aliphatic heterocycles. The fourth-order valence-electron chi connectivity index (χ4n) is 4.22. The predicted octanol–water partition coefficient (Wildman–Crippen LogP) is 3.03. The molecular weight excluding hydrogens is 260 g/mol. The van der Waals surface area contributed by atoms with Crippen LogP contribution in [0.3, 0.4) is 0 Å². The molecule has 3 nitrogen and oxygen atoms in total. The summed E-state index contributed by atoms with van der Waals surface area (Å²) in [5, 5.41) is 14.1. The van der Waals surface area contributed by atoms with Crippen molar-refractivity contribution in [3.05, 3.63) is 0 Å². The maximum Gasteiger partial charge on any atom is 0.0578 e. The molecule has 0 aromatic heterocycles. The van der Waals surface area contributed by atoms with Crippen LogP contribution in [0.25, 0.3) is 0 Å². The van der Waals surface area contributed by atoms with Gasteiger partial charge in [0.15, 0.2) is 0 Å². The molecule has 0 spiro atoms. The average molecular weight is 296 g/mol. The first-order valence-corrected chi connectivity index (χ1v) is 9.36. The van der Waals surface area contributed by atoms with E-state index in [0.717, 1.165) is 25.3 Å². The van der Waals surface area contributed by atoms with Crippen LogP contribution < -0.4 is 5.32 Å². The molecule has 0 aromatic rings. The topological polar surface area (TPSA) is 35.5 Å². The Kier molecular flexibility index (Phi) is 7.48. The molecule has 124 valence electrons. The second-order valence-electron chi connectivity index (χ2n) is 7.34. The van der Waals surface area contributed by atoms with Gasteiger partial charge in [0, 0.05) is 19.1 Å². The third-order valence-corrected chi connectivity index (χ3v) is 5.48. The van der Waals surface area contributed by atoms with Crippen LogP contribution >= 0.6 is 0 Å². The minimum Gasteiger partial charge on any atom is -0.393 e. The van der Waals surface area contributed by atoms with E-state index in [0.29, 0.717) is 12.0 Å². The molecule has 3 unspecified atom stereocenters. The Bertz CT molecular complexity index is 278. The molecule has 0 bridgehead atoms. The Morgan fingerprint density at radius 1 is 1.14 bits per heavy atom. The molecule has 3 heteroatoms. The van der Waals surface area contributed by atoms with Crippen LogP contribution in [0.4, 0.5) is 0 Å². The van der Waals surface area contributed by atoms with Crippen molar-refractivity contribution >= 4 is 0 Å². The first-order chi connectivity index (χ1) is 10.2. The van der Waals surface area contributed by atoms with Crippen LogP contribution in [0.15, 0.2) is 0 Å². The summed E-state index contributed by atoms with van der Waals surface area (Å²) in [6.45, 7) is 8.99. The van der Waals surface area contributed by atoms with Crippen LogP contribution in [0.5, 0.6) is 0 Å². The highest BCUT2D eigenvalue weighted by Gasteiger charge is 2.30. The van der Waals surface area contributed by atoms with E-state index in [1.165, 1.54) is 58.2 Å². The molecule has 0 amide bonds. The largest absolute Gasteiger partial charge is 0.393 e. The van der Waals surface area contributed by atoms with Gasteiger partial charge in [-0.15, -0.1) is 0 Å². The van der Waals surface area contributed by atoms with Gasteiger partial charge in [-0.1, -0.05) is 33.1 Å². The van der Waals surface area contributed by atoms with Crippen molar-refractivity contribution < 1.29 is 5.11 Å². The summed E-state index contributed by atoms with van der Waals surface area (Å²) in [6.07, 6.45) is 10.3. The average Bonchev–Trinajstić information content (AvgIpc) is 2.53. The lowest BCUT2D eigenvalue weighted by Gasteiger charge is -2.40. The second kappa shape index (κ2) is 9.12. The molecule has 0 radical (unpaired) electrons. The molecule has 2 fully saturated rings. The number of hydrogen-bond donors (Lipinski definition) is 2. The molecular formula is C18H36N2O. The van der Waals surface area contributed by atoms with Crippen molar-refractivity contribution in [3.8, 4) is 0 Å². The SMILES string of the molecule is CCCN1CC(NCC2CCCCC2)CC(C(O)CC)C1. The Balaban J connectivity index is 1.81. The molecule has 2 N–H and O–H groups in total. The fraction of sp³-hybridized carbons (Fsp3) is 1.00. The van der Waals surface area contributed by atoms with Crippen molar-refractivity contribution in [2.45, 2.75) is 77.4 Å². The van der Waals surface area contributed by atoms with Gasteiger partial charge >= 0.3 is 0 Å². The first kappa shape index (κ1) is 17.2. The van der Waals surface area contributed by atoms with E-state index in [2.05, 4.69) is 24.1 Å². The monoisotopic (exact) mass is 296 g/mol. The highest BCUT2D eigenvalue weighted by molar-refractivity contribution is 4.87. The third-order valence-electron chi connectivity index (χ3n) is 5.48. The Morgan fingerprint density at radius 3 is 2.57 bits per heavy atom. The summed E-state index contributed by atoms with van der Waals surface area (Å²) in [6, 6.07) is 0.582. The maximum atomic E-state index is 10.2. The number of aliphatic hydroxyl groups is 1. The van der Waals surface area contributed by atoms with Crippen molar-refractivity contribution in [2.75, 3.05) is 26.2 Å².